The highest BCUT2D eigenvalue weighted by molar-refractivity contribution is 6.03. The second-order valence-electron chi connectivity index (χ2n) is 7.55. The molecule has 0 aliphatic rings. The van der Waals surface area contributed by atoms with Crippen LogP contribution in [-0.2, 0) is 4.79 Å². The van der Waals surface area contributed by atoms with Crippen LogP contribution >= 0.6 is 0 Å². The minimum absolute atomic E-state index is 0.0748. The minimum atomic E-state index is -0.544. The summed E-state index contributed by atoms with van der Waals surface area (Å²) in [5.74, 6) is 1.08. The van der Waals surface area contributed by atoms with E-state index < -0.39 is 5.82 Å². The van der Waals surface area contributed by atoms with Crippen molar-refractivity contribution in [3.8, 4) is 22.9 Å². The molecule has 0 aliphatic heterocycles. The van der Waals surface area contributed by atoms with Gasteiger partial charge in [0.15, 0.2) is 17.4 Å². The average Bonchev–Trinajstić information content (AvgIpc) is 3.31. The van der Waals surface area contributed by atoms with Gasteiger partial charge >= 0.3 is 0 Å². The Morgan fingerprint density at radius 3 is 2.73 bits per heavy atom. The minimum Gasteiger partial charge on any atom is -0.453 e. The summed E-state index contributed by atoms with van der Waals surface area (Å²) in [6.45, 7) is 4.03. The predicted octanol–water partition coefficient (Wildman–Crippen LogP) is 5.57. The molecule has 33 heavy (non-hydrogen) atoms. The third-order valence-electron chi connectivity index (χ3n) is 4.72. The van der Waals surface area contributed by atoms with Crippen LogP contribution in [0.5, 0.6) is 11.5 Å². The Balaban J connectivity index is 1.45. The molecule has 2 aromatic heterocycles. The van der Waals surface area contributed by atoms with Crippen LogP contribution in [0.3, 0.4) is 0 Å². The van der Waals surface area contributed by atoms with Crippen LogP contribution in [0.25, 0.3) is 17.5 Å². The van der Waals surface area contributed by atoms with Crippen LogP contribution < -0.4 is 10.1 Å². The fourth-order valence-electron chi connectivity index (χ4n) is 3.02. The van der Waals surface area contributed by atoms with E-state index in [2.05, 4.69) is 25.5 Å². The number of pyridine rings is 1. The van der Waals surface area contributed by atoms with Crippen LogP contribution in [0.4, 0.5) is 10.1 Å². The number of ether oxygens (including phenoxy) is 1. The first-order chi connectivity index (χ1) is 16.0. The molecule has 0 bridgehead atoms. The third kappa shape index (κ3) is 5.48. The number of anilines is 1. The largest absolute Gasteiger partial charge is 0.453 e. The molecule has 0 fully saturated rings. The molecule has 2 heterocycles. The number of nitrogens with one attached hydrogen (secondary N) is 2. The molecular weight excluding hydrogens is 421 g/mol. The zero-order chi connectivity index (χ0) is 23.2. The Labute approximate surface area is 190 Å². The Morgan fingerprint density at radius 2 is 2.00 bits per heavy atom. The van der Waals surface area contributed by atoms with Gasteiger partial charge in [-0.15, -0.1) is 0 Å². The van der Waals surface area contributed by atoms with Gasteiger partial charge < -0.3 is 10.1 Å². The molecule has 4 rings (SSSR count). The number of rotatable bonds is 7. The number of benzene rings is 2. The smallest absolute Gasteiger partial charge is 0.248 e. The van der Waals surface area contributed by atoms with Crippen molar-refractivity contribution < 1.29 is 13.9 Å². The van der Waals surface area contributed by atoms with Gasteiger partial charge in [0.05, 0.1) is 11.9 Å². The van der Waals surface area contributed by atoms with E-state index in [1.807, 2.05) is 32.0 Å². The van der Waals surface area contributed by atoms with E-state index in [0.29, 0.717) is 28.4 Å². The Kier molecular flexibility index (Phi) is 6.54. The molecule has 4 aromatic rings. The second kappa shape index (κ2) is 9.86. The van der Waals surface area contributed by atoms with Gasteiger partial charge in [-0.2, -0.15) is 5.10 Å². The monoisotopic (exact) mass is 443 g/mol. The molecule has 166 valence electrons. The number of nitrogens with zero attached hydrogens (tertiary/aromatic N) is 3. The standard InChI is InChI=1S/C25H22FN5O2/c1-16(2)24-29-25(31-30-24)19-7-3-4-8-21(19)28-23(32)12-10-17-9-11-22(20(26)14-17)33-18-6-5-13-27-15-18/h3-16H,1-2H3,(H,28,32)(H,29,30,31)/b12-10+. The fraction of sp³-hybridized carbons (Fsp3) is 0.120. The summed E-state index contributed by atoms with van der Waals surface area (Å²) in [6.07, 6.45) is 5.97. The summed E-state index contributed by atoms with van der Waals surface area (Å²) >= 11 is 0. The van der Waals surface area contributed by atoms with Crippen molar-refractivity contribution in [2.24, 2.45) is 0 Å². The van der Waals surface area contributed by atoms with E-state index in [9.17, 15) is 9.18 Å². The highest BCUT2D eigenvalue weighted by Crippen LogP contribution is 2.27. The molecule has 0 spiro atoms. The van der Waals surface area contributed by atoms with E-state index in [0.717, 1.165) is 5.82 Å². The lowest BCUT2D eigenvalue weighted by molar-refractivity contribution is -0.111. The zero-order valence-electron chi connectivity index (χ0n) is 18.1. The van der Waals surface area contributed by atoms with Gasteiger partial charge in [-0.05, 0) is 48.0 Å². The van der Waals surface area contributed by atoms with E-state index in [1.165, 1.54) is 30.5 Å². The highest BCUT2D eigenvalue weighted by Gasteiger charge is 2.13. The zero-order valence-corrected chi connectivity index (χ0v) is 18.1. The van der Waals surface area contributed by atoms with Crippen LogP contribution in [0.2, 0.25) is 0 Å². The molecule has 8 heteroatoms. The van der Waals surface area contributed by atoms with Gasteiger partial charge in [-0.25, -0.2) is 9.37 Å². The van der Waals surface area contributed by atoms with Gasteiger partial charge in [0, 0.05) is 23.8 Å². The van der Waals surface area contributed by atoms with Gasteiger partial charge in [0.1, 0.15) is 11.6 Å². The number of hydrogen-bond acceptors (Lipinski definition) is 5. The third-order valence-corrected chi connectivity index (χ3v) is 4.72. The van der Waals surface area contributed by atoms with E-state index in [1.54, 1.807) is 30.5 Å². The maximum atomic E-state index is 14.4. The summed E-state index contributed by atoms with van der Waals surface area (Å²) in [4.78, 5) is 20.9. The SMILES string of the molecule is CC(C)c1nc(-c2ccccc2NC(=O)/C=C/c2ccc(Oc3cccnc3)c(F)c2)n[nH]1. The summed E-state index contributed by atoms with van der Waals surface area (Å²) in [5.41, 5.74) is 1.79. The van der Waals surface area contributed by atoms with E-state index in [-0.39, 0.29) is 17.6 Å². The summed E-state index contributed by atoms with van der Waals surface area (Å²) in [6, 6.07) is 15.1. The van der Waals surface area contributed by atoms with E-state index >= 15 is 0 Å². The van der Waals surface area contributed by atoms with Crippen molar-refractivity contribution in [1.29, 1.82) is 0 Å². The predicted molar refractivity (Wildman–Crippen MR) is 124 cm³/mol. The van der Waals surface area contributed by atoms with Gasteiger partial charge in [-0.3, -0.25) is 14.9 Å². The van der Waals surface area contributed by atoms with E-state index in [4.69, 9.17) is 4.74 Å². The lowest BCUT2D eigenvalue weighted by atomic mass is 10.1. The lowest BCUT2D eigenvalue weighted by Gasteiger charge is -2.07. The van der Waals surface area contributed by atoms with Crippen molar-refractivity contribution in [1.82, 2.24) is 20.2 Å². The van der Waals surface area contributed by atoms with Gasteiger partial charge in [-0.1, -0.05) is 32.0 Å². The highest BCUT2D eigenvalue weighted by atomic mass is 19.1. The molecule has 0 saturated heterocycles. The molecule has 0 unspecified atom stereocenters. The number of carbonyl (C=O) groups excluding carboxylic acids is 1. The lowest BCUT2D eigenvalue weighted by Crippen LogP contribution is -2.09. The number of halogens is 1. The van der Waals surface area contributed by atoms with Crippen molar-refractivity contribution in [2.45, 2.75) is 19.8 Å². The molecule has 1 amide bonds. The number of para-hydroxylation sites is 1. The Bertz CT molecular complexity index is 1280. The molecule has 0 aliphatic carbocycles. The molecule has 2 aromatic carbocycles. The average molecular weight is 443 g/mol. The van der Waals surface area contributed by atoms with Crippen LogP contribution in [0.1, 0.15) is 31.2 Å². The van der Waals surface area contributed by atoms with Crippen LogP contribution in [-0.4, -0.2) is 26.1 Å². The van der Waals surface area contributed by atoms with Crippen molar-refractivity contribution in [3.05, 3.63) is 90.3 Å². The second-order valence-corrected chi connectivity index (χ2v) is 7.55. The fourth-order valence-corrected chi connectivity index (χ4v) is 3.02. The summed E-state index contributed by atoms with van der Waals surface area (Å²) in [5, 5.41) is 10.0. The summed E-state index contributed by atoms with van der Waals surface area (Å²) in [7, 11) is 0. The van der Waals surface area contributed by atoms with Gasteiger partial charge in [0.25, 0.3) is 0 Å². The molecule has 0 radical (unpaired) electrons. The number of H-pyrrole nitrogens is 1. The molecule has 0 saturated carbocycles. The van der Waals surface area contributed by atoms with Crippen LogP contribution in [0, 0.1) is 5.82 Å². The maximum absolute atomic E-state index is 14.4. The number of carbonyl (C=O) groups is 1. The number of hydrogen-bond donors (Lipinski definition) is 2. The van der Waals surface area contributed by atoms with Gasteiger partial charge in [0.2, 0.25) is 5.91 Å². The molecule has 0 atom stereocenters. The normalized spacial score (nSPS) is 11.2. The van der Waals surface area contributed by atoms with Crippen molar-refractivity contribution in [2.75, 3.05) is 5.32 Å². The first kappa shape index (κ1) is 21.9. The van der Waals surface area contributed by atoms with Crippen molar-refractivity contribution >= 4 is 17.7 Å². The summed E-state index contributed by atoms with van der Waals surface area (Å²) < 4.78 is 19.9. The maximum Gasteiger partial charge on any atom is 0.248 e. The molecule has 2 N–H and O–H groups in total. The quantitative estimate of drug-likeness (QED) is 0.364. The Morgan fingerprint density at radius 1 is 1.15 bits per heavy atom. The van der Waals surface area contributed by atoms with Crippen LogP contribution in [0.15, 0.2) is 73.1 Å². The topological polar surface area (TPSA) is 92.8 Å². The first-order valence-corrected chi connectivity index (χ1v) is 10.4. The van der Waals surface area contributed by atoms with Crippen molar-refractivity contribution in [3.63, 3.8) is 0 Å². The first-order valence-electron chi connectivity index (χ1n) is 10.4. The Hall–Kier alpha value is -4.33. The number of amides is 1. The number of aromatic amines is 1. The molecule has 7 nitrogen and oxygen atoms in total. The molecular formula is C25H22FN5O2. The number of aromatic nitrogens is 4.